The molecule has 1 saturated carbocycles. The lowest BCUT2D eigenvalue weighted by molar-refractivity contribution is -0.111. The lowest BCUT2D eigenvalue weighted by Gasteiger charge is -2.06. The van der Waals surface area contributed by atoms with Gasteiger partial charge in [-0.3, -0.25) is 9.59 Å². The number of benzene rings is 2. The van der Waals surface area contributed by atoms with Gasteiger partial charge in [0, 0.05) is 28.7 Å². The molecule has 158 valence electrons. The molecule has 0 aliphatic heterocycles. The molecule has 31 heavy (non-hydrogen) atoms. The number of amides is 2. The molecular formula is C24H23N3O3S. The molecule has 0 radical (unpaired) electrons. The molecule has 1 fully saturated rings. The van der Waals surface area contributed by atoms with E-state index in [-0.39, 0.29) is 11.8 Å². The fourth-order valence-corrected chi connectivity index (χ4v) is 3.49. The van der Waals surface area contributed by atoms with E-state index in [1.54, 1.807) is 41.7 Å². The smallest absolute Gasteiger partial charge is 0.251 e. The topological polar surface area (TPSA) is 80.3 Å². The maximum atomic E-state index is 12.3. The first kappa shape index (κ1) is 20.8. The Hall–Kier alpha value is -3.45. The van der Waals surface area contributed by atoms with Crippen LogP contribution in [0.1, 0.15) is 39.5 Å². The van der Waals surface area contributed by atoms with Crippen LogP contribution < -0.4 is 15.4 Å². The second-order valence-electron chi connectivity index (χ2n) is 7.37. The molecule has 2 amide bonds. The number of ether oxygens (including phenoxy) is 1. The van der Waals surface area contributed by atoms with Crippen LogP contribution in [0.4, 0.5) is 5.69 Å². The molecule has 2 aromatic carbocycles. The fourth-order valence-electron chi connectivity index (χ4n) is 2.90. The molecule has 1 aliphatic rings. The molecule has 1 aromatic heterocycles. The Kier molecular flexibility index (Phi) is 6.43. The van der Waals surface area contributed by atoms with E-state index in [4.69, 9.17) is 4.74 Å². The van der Waals surface area contributed by atoms with Gasteiger partial charge >= 0.3 is 0 Å². The lowest BCUT2D eigenvalue weighted by Crippen LogP contribution is -2.25. The molecule has 0 atom stereocenters. The summed E-state index contributed by atoms with van der Waals surface area (Å²) in [6.45, 7) is 2.40. The van der Waals surface area contributed by atoms with Gasteiger partial charge in [-0.2, -0.15) is 0 Å². The predicted molar refractivity (Wildman–Crippen MR) is 122 cm³/mol. The maximum Gasteiger partial charge on any atom is 0.251 e. The van der Waals surface area contributed by atoms with Crippen molar-refractivity contribution in [2.75, 3.05) is 5.32 Å². The van der Waals surface area contributed by atoms with Crippen LogP contribution in [0, 0.1) is 6.92 Å². The average Bonchev–Trinajstić information content (AvgIpc) is 3.49. The van der Waals surface area contributed by atoms with E-state index in [2.05, 4.69) is 15.6 Å². The minimum absolute atomic E-state index is 0.110. The van der Waals surface area contributed by atoms with Gasteiger partial charge in [0.25, 0.3) is 5.91 Å². The second-order valence-corrected chi connectivity index (χ2v) is 8.43. The summed E-state index contributed by atoms with van der Waals surface area (Å²) in [6, 6.07) is 14.7. The van der Waals surface area contributed by atoms with Crippen molar-refractivity contribution in [2.45, 2.75) is 32.4 Å². The number of aromatic nitrogens is 1. The van der Waals surface area contributed by atoms with Crippen LogP contribution in [0.25, 0.3) is 6.08 Å². The lowest BCUT2D eigenvalue weighted by atomic mass is 10.1. The third-order valence-electron chi connectivity index (χ3n) is 4.67. The summed E-state index contributed by atoms with van der Waals surface area (Å²) >= 11 is 1.60. The van der Waals surface area contributed by atoms with Crippen LogP contribution in [0.2, 0.25) is 0 Å². The number of thiazole rings is 1. The van der Waals surface area contributed by atoms with E-state index in [1.165, 1.54) is 6.08 Å². The Balaban J connectivity index is 1.29. The quantitative estimate of drug-likeness (QED) is 0.510. The van der Waals surface area contributed by atoms with Crippen molar-refractivity contribution in [1.29, 1.82) is 0 Å². The van der Waals surface area contributed by atoms with Crippen LogP contribution >= 0.6 is 11.3 Å². The van der Waals surface area contributed by atoms with E-state index >= 15 is 0 Å². The highest BCUT2D eigenvalue weighted by atomic mass is 32.1. The number of hydrogen-bond acceptors (Lipinski definition) is 5. The van der Waals surface area contributed by atoms with E-state index in [0.717, 1.165) is 34.9 Å². The Morgan fingerprint density at radius 3 is 2.71 bits per heavy atom. The normalized spacial score (nSPS) is 13.2. The first-order valence-corrected chi connectivity index (χ1v) is 11.0. The van der Waals surface area contributed by atoms with E-state index < -0.39 is 0 Å². The molecule has 3 aromatic rings. The highest BCUT2D eigenvalue weighted by Gasteiger charge is 2.23. The standard InChI is InChI=1S/C24H23N3O3S/c1-16-25-21(15-31-16)14-30-22-10-5-17(6-11-22)7-12-23(28)26-20-4-2-3-18(13-20)24(29)27-19-8-9-19/h2-7,10-13,15,19H,8-9,14H2,1H3,(H,26,28)(H,27,29)/b12-7+. The minimum atomic E-state index is -0.265. The van der Waals surface area contributed by atoms with Gasteiger partial charge in [-0.15, -0.1) is 11.3 Å². The summed E-state index contributed by atoms with van der Waals surface area (Å²) in [4.78, 5) is 28.8. The highest BCUT2D eigenvalue weighted by molar-refractivity contribution is 7.09. The molecule has 1 aliphatic carbocycles. The van der Waals surface area contributed by atoms with Crippen LogP contribution in [0.15, 0.2) is 60.0 Å². The number of rotatable bonds is 8. The zero-order valence-corrected chi connectivity index (χ0v) is 17.9. The van der Waals surface area contributed by atoms with Crippen molar-refractivity contribution in [2.24, 2.45) is 0 Å². The Morgan fingerprint density at radius 2 is 2.00 bits per heavy atom. The average molecular weight is 434 g/mol. The first-order chi connectivity index (χ1) is 15.0. The summed E-state index contributed by atoms with van der Waals surface area (Å²) < 4.78 is 5.73. The Bertz CT molecular complexity index is 1100. The number of hydrogen-bond donors (Lipinski definition) is 2. The van der Waals surface area contributed by atoms with Gasteiger partial charge in [0.05, 0.1) is 10.7 Å². The molecule has 0 spiro atoms. The van der Waals surface area contributed by atoms with Gasteiger partial charge in [-0.05, 0) is 61.7 Å². The van der Waals surface area contributed by atoms with Crippen LogP contribution in [-0.2, 0) is 11.4 Å². The summed E-state index contributed by atoms with van der Waals surface area (Å²) in [6.07, 6.45) is 5.26. The predicted octanol–water partition coefficient (Wildman–Crippen LogP) is 4.57. The Labute approximate surface area is 185 Å². The van der Waals surface area contributed by atoms with Gasteiger partial charge in [0.15, 0.2) is 0 Å². The summed E-state index contributed by atoms with van der Waals surface area (Å²) in [5.41, 5.74) is 2.91. The maximum absolute atomic E-state index is 12.3. The fraction of sp³-hybridized carbons (Fsp3) is 0.208. The number of nitrogens with zero attached hydrogens (tertiary/aromatic N) is 1. The molecule has 0 bridgehead atoms. The molecular weight excluding hydrogens is 410 g/mol. The van der Waals surface area contributed by atoms with Crippen LogP contribution in [0.3, 0.4) is 0 Å². The van der Waals surface area contributed by atoms with Gasteiger partial charge in [-0.25, -0.2) is 4.98 Å². The van der Waals surface area contributed by atoms with Crippen molar-refractivity contribution in [3.63, 3.8) is 0 Å². The van der Waals surface area contributed by atoms with Gasteiger partial charge < -0.3 is 15.4 Å². The minimum Gasteiger partial charge on any atom is -0.487 e. The molecule has 7 heteroatoms. The summed E-state index contributed by atoms with van der Waals surface area (Å²) in [5.74, 6) is 0.369. The first-order valence-electron chi connectivity index (χ1n) is 10.1. The van der Waals surface area contributed by atoms with Crippen molar-refractivity contribution >= 4 is 34.9 Å². The molecule has 4 rings (SSSR count). The summed E-state index contributed by atoms with van der Waals surface area (Å²) in [7, 11) is 0. The third-order valence-corrected chi connectivity index (χ3v) is 5.49. The van der Waals surface area contributed by atoms with E-state index in [1.807, 2.05) is 36.6 Å². The summed E-state index contributed by atoms with van der Waals surface area (Å²) in [5, 5.41) is 8.74. The molecule has 6 nitrogen and oxygen atoms in total. The van der Waals surface area contributed by atoms with E-state index in [0.29, 0.717) is 23.9 Å². The zero-order chi connectivity index (χ0) is 21.6. The molecule has 2 N–H and O–H groups in total. The van der Waals surface area contributed by atoms with E-state index in [9.17, 15) is 9.59 Å². The molecule has 0 saturated heterocycles. The number of aryl methyl sites for hydroxylation is 1. The molecule has 1 heterocycles. The van der Waals surface area contributed by atoms with Crippen LogP contribution in [0.5, 0.6) is 5.75 Å². The van der Waals surface area contributed by atoms with Crippen molar-refractivity contribution in [1.82, 2.24) is 10.3 Å². The third kappa shape index (κ3) is 6.26. The van der Waals surface area contributed by atoms with Gasteiger partial charge in [0.1, 0.15) is 12.4 Å². The number of carbonyl (C=O) groups excluding carboxylic acids is 2. The highest BCUT2D eigenvalue weighted by Crippen LogP contribution is 2.20. The van der Waals surface area contributed by atoms with Crippen molar-refractivity contribution in [3.05, 3.63) is 81.8 Å². The zero-order valence-electron chi connectivity index (χ0n) is 17.1. The number of anilines is 1. The van der Waals surface area contributed by atoms with Crippen molar-refractivity contribution in [3.8, 4) is 5.75 Å². The van der Waals surface area contributed by atoms with Gasteiger partial charge in [0.2, 0.25) is 5.91 Å². The van der Waals surface area contributed by atoms with Crippen LogP contribution in [-0.4, -0.2) is 22.8 Å². The monoisotopic (exact) mass is 433 g/mol. The second kappa shape index (κ2) is 9.57. The van der Waals surface area contributed by atoms with Crippen molar-refractivity contribution < 1.29 is 14.3 Å². The number of nitrogens with one attached hydrogen (secondary N) is 2. The largest absolute Gasteiger partial charge is 0.487 e. The SMILES string of the molecule is Cc1nc(COc2ccc(/C=C/C(=O)Nc3cccc(C(=O)NC4CC4)c3)cc2)cs1. The number of carbonyl (C=O) groups is 2. The van der Waals surface area contributed by atoms with Gasteiger partial charge in [-0.1, -0.05) is 18.2 Å². The Morgan fingerprint density at radius 1 is 1.19 bits per heavy atom. The molecule has 0 unspecified atom stereocenters.